The fourth-order valence-corrected chi connectivity index (χ4v) is 7.18. The van der Waals surface area contributed by atoms with Crippen LogP contribution in [0, 0.1) is 0 Å². The second-order valence-electron chi connectivity index (χ2n) is 7.67. The van der Waals surface area contributed by atoms with Gasteiger partial charge in [-0.2, -0.15) is 4.31 Å². The van der Waals surface area contributed by atoms with Crippen LogP contribution >= 0.6 is 11.3 Å². The summed E-state index contributed by atoms with van der Waals surface area (Å²) < 4.78 is 45.3. The van der Waals surface area contributed by atoms with Crippen LogP contribution in [-0.4, -0.2) is 49.8 Å². The lowest BCUT2D eigenvalue weighted by atomic mass is 10.1. The predicted octanol–water partition coefficient (Wildman–Crippen LogP) is 3.59. The first-order valence-electron chi connectivity index (χ1n) is 9.90. The van der Waals surface area contributed by atoms with E-state index in [1.807, 2.05) is 6.07 Å². The van der Waals surface area contributed by atoms with Gasteiger partial charge in [0, 0.05) is 31.8 Å². The summed E-state index contributed by atoms with van der Waals surface area (Å²) in [6, 6.07) is 3.48. The molecule has 0 amide bonds. The number of oxazole rings is 1. The normalized spacial score (nSPS) is 23.7. The number of ether oxygens (including phenoxy) is 2. The molecule has 3 fully saturated rings. The van der Waals surface area contributed by atoms with E-state index in [0.29, 0.717) is 55.0 Å². The topological polar surface area (TPSA) is 81.9 Å². The molecule has 9 heteroatoms. The van der Waals surface area contributed by atoms with Crippen molar-refractivity contribution in [3.63, 3.8) is 0 Å². The zero-order valence-corrected chi connectivity index (χ0v) is 17.3. The van der Waals surface area contributed by atoms with Crippen molar-refractivity contribution in [2.75, 3.05) is 26.3 Å². The number of thiophene rings is 1. The van der Waals surface area contributed by atoms with Crippen molar-refractivity contribution in [3.8, 4) is 10.6 Å². The Morgan fingerprint density at radius 1 is 1.11 bits per heavy atom. The van der Waals surface area contributed by atoms with Crippen LogP contribution in [0.4, 0.5) is 0 Å². The number of nitrogens with zero attached hydrogens (tertiary/aromatic N) is 2. The molecule has 0 aromatic carbocycles. The second kappa shape index (κ2) is 7.21. The molecule has 2 aliphatic heterocycles. The van der Waals surface area contributed by atoms with Gasteiger partial charge >= 0.3 is 0 Å². The molecule has 1 spiro atoms. The smallest absolute Gasteiger partial charge is 0.252 e. The average Bonchev–Trinajstić information content (AvgIpc) is 3.47. The van der Waals surface area contributed by atoms with Crippen LogP contribution in [-0.2, 0) is 19.5 Å². The van der Waals surface area contributed by atoms with Crippen LogP contribution in [0.15, 0.2) is 27.0 Å². The van der Waals surface area contributed by atoms with Crippen molar-refractivity contribution < 1.29 is 22.3 Å². The first-order valence-corrected chi connectivity index (χ1v) is 12.2. The van der Waals surface area contributed by atoms with Gasteiger partial charge in [0.25, 0.3) is 10.0 Å². The Bertz CT molecular complexity index is 929. The van der Waals surface area contributed by atoms with Crippen LogP contribution in [0.5, 0.6) is 0 Å². The molecular weight excluding hydrogens is 400 g/mol. The van der Waals surface area contributed by atoms with Gasteiger partial charge in [0.1, 0.15) is 4.21 Å². The highest BCUT2D eigenvalue weighted by atomic mass is 32.2. The largest absolute Gasteiger partial charge is 0.440 e. The Balaban J connectivity index is 1.31. The lowest BCUT2D eigenvalue weighted by Gasteiger charge is -2.36. The van der Waals surface area contributed by atoms with Crippen LogP contribution in [0.2, 0.25) is 0 Å². The van der Waals surface area contributed by atoms with Crippen molar-refractivity contribution in [1.29, 1.82) is 0 Å². The Morgan fingerprint density at radius 2 is 1.82 bits per heavy atom. The highest BCUT2D eigenvalue weighted by Gasteiger charge is 2.43. The Kier molecular flexibility index (Phi) is 4.83. The lowest BCUT2D eigenvalue weighted by Crippen LogP contribution is -2.47. The molecular formula is C19H24N2O5S2. The summed E-state index contributed by atoms with van der Waals surface area (Å²) in [5.74, 6) is 1.25. The van der Waals surface area contributed by atoms with E-state index in [9.17, 15) is 8.42 Å². The number of rotatable bonds is 4. The summed E-state index contributed by atoms with van der Waals surface area (Å²) in [4.78, 5) is 5.23. The third-order valence-corrected chi connectivity index (χ3v) is 9.41. The standard InChI is InChI=1S/C19H24N2O5S2/c22-28(23,21-9-7-19(8-10-21)24-11-12-25-19)17-6-5-16(27-17)15-13-20-18(26-15)14-3-1-2-4-14/h5-6,13-14H,1-4,7-12H2. The molecule has 0 unspecified atom stereocenters. The van der Waals surface area contributed by atoms with E-state index in [1.165, 1.54) is 28.5 Å². The van der Waals surface area contributed by atoms with E-state index in [4.69, 9.17) is 13.9 Å². The summed E-state index contributed by atoms with van der Waals surface area (Å²) in [6.07, 6.45) is 7.53. The van der Waals surface area contributed by atoms with Gasteiger partial charge < -0.3 is 13.9 Å². The van der Waals surface area contributed by atoms with Gasteiger partial charge in [-0.15, -0.1) is 11.3 Å². The first kappa shape index (κ1) is 18.7. The second-order valence-corrected chi connectivity index (χ2v) is 10.9. The Morgan fingerprint density at radius 3 is 2.54 bits per heavy atom. The van der Waals surface area contributed by atoms with E-state index < -0.39 is 15.8 Å². The third kappa shape index (κ3) is 3.33. The minimum absolute atomic E-state index is 0.338. The van der Waals surface area contributed by atoms with Crippen molar-refractivity contribution >= 4 is 21.4 Å². The maximum absolute atomic E-state index is 13.1. The minimum Gasteiger partial charge on any atom is -0.440 e. The molecule has 7 nitrogen and oxygen atoms in total. The maximum Gasteiger partial charge on any atom is 0.252 e. The molecule has 2 aromatic heterocycles. The molecule has 1 saturated carbocycles. The van der Waals surface area contributed by atoms with Crippen LogP contribution in [0.3, 0.4) is 0 Å². The van der Waals surface area contributed by atoms with Crippen molar-refractivity contribution in [1.82, 2.24) is 9.29 Å². The van der Waals surface area contributed by atoms with E-state index in [2.05, 4.69) is 4.98 Å². The number of hydrogen-bond acceptors (Lipinski definition) is 7. The van der Waals surface area contributed by atoms with Gasteiger partial charge in [-0.1, -0.05) is 12.8 Å². The highest BCUT2D eigenvalue weighted by molar-refractivity contribution is 7.91. The van der Waals surface area contributed by atoms with Gasteiger partial charge in [-0.25, -0.2) is 13.4 Å². The van der Waals surface area contributed by atoms with Gasteiger partial charge in [0.15, 0.2) is 17.4 Å². The predicted molar refractivity (Wildman–Crippen MR) is 104 cm³/mol. The van der Waals surface area contributed by atoms with E-state index >= 15 is 0 Å². The number of sulfonamides is 1. The maximum atomic E-state index is 13.1. The minimum atomic E-state index is -3.53. The molecule has 28 heavy (non-hydrogen) atoms. The fourth-order valence-electron chi connectivity index (χ4n) is 4.33. The number of hydrogen-bond donors (Lipinski definition) is 0. The molecule has 0 atom stereocenters. The molecule has 152 valence electrons. The zero-order chi connectivity index (χ0) is 19.2. The van der Waals surface area contributed by atoms with Crippen LogP contribution in [0.1, 0.15) is 50.3 Å². The number of piperidine rings is 1. The lowest BCUT2D eigenvalue weighted by molar-refractivity contribution is -0.179. The summed E-state index contributed by atoms with van der Waals surface area (Å²) >= 11 is 1.24. The summed E-state index contributed by atoms with van der Waals surface area (Å²) in [6.45, 7) is 1.98. The molecule has 2 saturated heterocycles. The molecule has 2 aromatic rings. The van der Waals surface area contributed by atoms with E-state index in [1.54, 1.807) is 12.3 Å². The Hall–Kier alpha value is -1.26. The summed E-state index contributed by atoms with van der Waals surface area (Å²) in [5, 5.41) is 0. The molecule has 0 radical (unpaired) electrons. The molecule has 0 N–H and O–H groups in total. The molecule has 3 aliphatic rings. The van der Waals surface area contributed by atoms with Crippen molar-refractivity contribution in [2.24, 2.45) is 0 Å². The van der Waals surface area contributed by atoms with Crippen molar-refractivity contribution in [2.45, 2.75) is 54.4 Å². The quantitative estimate of drug-likeness (QED) is 0.746. The van der Waals surface area contributed by atoms with Crippen LogP contribution in [0.25, 0.3) is 10.6 Å². The van der Waals surface area contributed by atoms with Gasteiger partial charge in [0.05, 0.1) is 24.3 Å². The SMILES string of the molecule is O=S(=O)(c1ccc(-c2cnc(C3CCCC3)o2)s1)N1CCC2(CC1)OCCO2. The Labute approximate surface area is 168 Å². The summed E-state index contributed by atoms with van der Waals surface area (Å²) in [5.41, 5.74) is 0. The highest BCUT2D eigenvalue weighted by Crippen LogP contribution is 2.39. The fraction of sp³-hybridized carbons (Fsp3) is 0.632. The summed E-state index contributed by atoms with van der Waals surface area (Å²) in [7, 11) is -3.53. The zero-order valence-electron chi connectivity index (χ0n) is 15.6. The van der Waals surface area contributed by atoms with E-state index in [0.717, 1.165) is 23.6 Å². The third-order valence-electron chi connectivity index (χ3n) is 5.94. The number of aromatic nitrogens is 1. The molecule has 5 rings (SSSR count). The first-order chi connectivity index (χ1) is 13.6. The average molecular weight is 425 g/mol. The van der Waals surface area contributed by atoms with Gasteiger partial charge in [-0.3, -0.25) is 0 Å². The van der Waals surface area contributed by atoms with Gasteiger partial charge in [-0.05, 0) is 25.0 Å². The van der Waals surface area contributed by atoms with Crippen LogP contribution < -0.4 is 0 Å². The van der Waals surface area contributed by atoms with E-state index in [-0.39, 0.29) is 0 Å². The molecule has 1 aliphatic carbocycles. The molecule has 4 heterocycles. The monoisotopic (exact) mass is 424 g/mol. The van der Waals surface area contributed by atoms with Gasteiger partial charge in [0.2, 0.25) is 0 Å². The van der Waals surface area contributed by atoms with Crippen molar-refractivity contribution in [3.05, 3.63) is 24.2 Å². The molecule has 0 bridgehead atoms.